The smallest absolute Gasteiger partial charge is 0.231 e. The molecule has 0 aliphatic carbocycles. The molecule has 3 heterocycles. The van der Waals surface area contributed by atoms with Crippen molar-refractivity contribution in [1.82, 2.24) is 20.0 Å². The van der Waals surface area contributed by atoms with Gasteiger partial charge in [-0.3, -0.25) is 4.90 Å². The maximum atomic E-state index is 5.83. The zero-order chi connectivity index (χ0) is 16.5. The molecule has 0 spiro atoms. The van der Waals surface area contributed by atoms with E-state index in [4.69, 9.17) is 9.26 Å². The summed E-state index contributed by atoms with van der Waals surface area (Å²) in [6.07, 6.45) is 2.52. The standard InChI is InChI=1S/C18H22N4O2/c1-12(2)22-7-8-23-16(11-22)18-20-17(24-21-18)9-13-10-19-15-6-4-3-5-14(13)15/h3-6,10,12,16,19H,7-9,11H2,1-2H3/t16-/m0/s1. The van der Waals surface area contributed by atoms with Gasteiger partial charge in [0.1, 0.15) is 6.10 Å². The molecule has 0 unspecified atom stereocenters. The molecule has 2 aromatic heterocycles. The predicted molar refractivity (Wildman–Crippen MR) is 90.8 cm³/mol. The number of para-hydroxylation sites is 1. The molecular formula is C18H22N4O2. The average Bonchev–Trinajstić information content (AvgIpc) is 3.23. The van der Waals surface area contributed by atoms with Crippen LogP contribution in [0.2, 0.25) is 0 Å². The van der Waals surface area contributed by atoms with Gasteiger partial charge < -0.3 is 14.2 Å². The number of H-pyrrole nitrogens is 1. The lowest BCUT2D eigenvalue weighted by Gasteiger charge is -2.34. The molecule has 1 aromatic carbocycles. The van der Waals surface area contributed by atoms with Crippen LogP contribution >= 0.6 is 0 Å². The molecule has 0 saturated carbocycles. The van der Waals surface area contributed by atoms with Crippen molar-refractivity contribution in [2.75, 3.05) is 19.7 Å². The summed E-state index contributed by atoms with van der Waals surface area (Å²) in [5, 5.41) is 5.34. The number of nitrogens with one attached hydrogen (secondary N) is 1. The first-order valence-corrected chi connectivity index (χ1v) is 8.44. The number of aromatic nitrogens is 3. The van der Waals surface area contributed by atoms with E-state index in [0.717, 1.165) is 24.2 Å². The van der Waals surface area contributed by atoms with Crippen molar-refractivity contribution in [3.63, 3.8) is 0 Å². The molecule has 1 atom stereocenters. The van der Waals surface area contributed by atoms with E-state index in [1.54, 1.807) is 0 Å². The third-order valence-electron chi connectivity index (χ3n) is 4.62. The largest absolute Gasteiger partial charge is 0.367 e. The highest BCUT2D eigenvalue weighted by molar-refractivity contribution is 5.83. The van der Waals surface area contributed by atoms with E-state index in [9.17, 15) is 0 Å². The lowest BCUT2D eigenvalue weighted by Crippen LogP contribution is -2.42. The molecule has 6 nitrogen and oxygen atoms in total. The molecule has 1 fully saturated rings. The number of rotatable bonds is 4. The fourth-order valence-electron chi connectivity index (χ4n) is 3.21. The monoisotopic (exact) mass is 326 g/mol. The van der Waals surface area contributed by atoms with Crippen LogP contribution in [0.15, 0.2) is 35.0 Å². The quantitative estimate of drug-likeness (QED) is 0.798. The molecule has 3 aromatic rings. The number of benzene rings is 1. The molecule has 0 amide bonds. The van der Waals surface area contributed by atoms with Crippen molar-refractivity contribution in [2.45, 2.75) is 32.4 Å². The third kappa shape index (κ3) is 2.95. The van der Waals surface area contributed by atoms with E-state index < -0.39 is 0 Å². The fraction of sp³-hybridized carbons (Fsp3) is 0.444. The fourth-order valence-corrected chi connectivity index (χ4v) is 3.21. The van der Waals surface area contributed by atoms with Crippen LogP contribution in [0.3, 0.4) is 0 Å². The first kappa shape index (κ1) is 15.4. The summed E-state index contributed by atoms with van der Waals surface area (Å²) in [5.41, 5.74) is 2.28. The maximum Gasteiger partial charge on any atom is 0.231 e. The van der Waals surface area contributed by atoms with Gasteiger partial charge in [0, 0.05) is 36.2 Å². The van der Waals surface area contributed by atoms with Gasteiger partial charge in [0.2, 0.25) is 11.7 Å². The highest BCUT2D eigenvalue weighted by Crippen LogP contribution is 2.23. The van der Waals surface area contributed by atoms with E-state index >= 15 is 0 Å². The second-order valence-corrected chi connectivity index (χ2v) is 6.53. The van der Waals surface area contributed by atoms with Crippen LogP contribution in [-0.2, 0) is 11.2 Å². The Morgan fingerprint density at radius 1 is 1.33 bits per heavy atom. The summed E-state index contributed by atoms with van der Waals surface area (Å²) in [4.78, 5) is 10.2. The number of ether oxygens (including phenoxy) is 1. The summed E-state index contributed by atoms with van der Waals surface area (Å²) in [6.45, 7) is 6.86. The van der Waals surface area contributed by atoms with Gasteiger partial charge in [-0.05, 0) is 25.5 Å². The number of fused-ring (bicyclic) bond motifs is 1. The highest BCUT2D eigenvalue weighted by atomic mass is 16.5. The van der Waals surface area contributed by atoms with Gasteiger partial charge in [-0.1, -0.05) is 23.4 Å². The van der Waals surface area contributed by atoms with Crippen LogP contribution in [0.1, 0.15) is 37.2 Å². The van der Waals surface area contributed by atoms with Crippen LogP contribution < -0.4 is 0 Å². The highest BCUT2D eigenvalue weighted by Gasteiger charge is 2.27. The third-order valence-corrected chi connectivity index (χ3v) is 4.62. The van der Waals surface area contributed by atoms with Crippen LogP contribution in [0.5, 0.6) is 0 Å². The Balaban J connectivity index is 1.50. The van der Waals surface area contributed by atoms with E-state index in [2.05, 4.69) is 46.0 Å². The zero-order valence-electron chi connectivity index (χ0n) is 14.0. The van der Waals surface area contributed by atoms with Gasteiger partial charge in [-0.25, -0.2) is 0 Å². The van der Waals surface area contributed by atoms with E-state index in [-0.39, 0.29) is 6.10 Å². The zero-order valence-corrected chi connectivity index (χ0v) is 14.0. The summed E-state index contributed by atoms with van der Waals surface area (Å²) < 4.78 is 11.3. The number of hydrogen-bond donors (Lipinski definition) is 1. The molecule has 24 heavy (non-hydrogen) atoms. The van der Waals surface area contributed by atoms with Crippen molar-refractivity contribution < 1.29 is 9.26 Å². The van der Waals surface area contributed by atoms with E-state index in [1.165, 1.54) is 5.39 Å². The summed E-state index contributed by atoms with van der Waals surface area (Å²) in [6, 6.07) is 8.72. The van der Waals surface area contributed by atoms with E-state index in [1.807, 2.05) is 18.3 Å². The lowest BCUT2D eigenvalue weighted by molar-refractivity contribution is -0.0450. The summed E-state index contributed by atoms with van der Waals surface area (Å²) >= 11 is 0. The van der Waals surface area contributed by atoms with Gasteiger partial charge in [-0.2, -0.15) is 4.98 Å². The van der Waals surface area contributed by atoms with Crippen molar-refractivity contribution in [3.05, 3.63) is 47.7 Å². The summed E-state index contributed by atoms with van der Waals surface area (Å²) in [7, 11) is 0. The van der Waals surface area contributed by atoms with Crippen molar-refractivity contribution in [3.8, 4) is 0 Å². The lowest BCUT2D eigenvalue weighted by atomic mass is 10.1. The maximum absolute atomic E-state index is 5.83. The van der Waals surface area contributed by atoms with Crippen LogP contribution in [0.4, 0.5) is 0 Å². The second kappa shape index (κ2) is 6.37. The molecule has 4 rings (SSSR count). The van der Waals surface area contributed by atoms with Crippen LogP contribution in [-0.4, -0.2) is 45.8 Å². The molecule has 1 aliphatic rings. The number of aromatic amines is 1. The normalized spacial score (nSPS) is 19.4. The number of hydrogen-bond acceptors (Lipinski definition) is 5. The summed E-state index contributed by atoms with van der Waals surface area (Å²) in [5.74, 6) is 1.27. The first-order chi connectivity index (χ1) is 11.7. The second-order valence-electron chi connectivity index (χ2n) is 6.53. The van der Waals surface area contributed by atoms with Gasteiger partial charge in [-0.15, -0.1) is 0 Å². The topological polar surface area (TPSA) is 67.2 Å². The van der Waals surface area contributed by atoms with Crippen LogP contribution in [0.25, 0.3) is 10.9 Å². The van der Waals surface area contributed by atoms with Crippen molar-refractivity contribution >= 4 is 10.9 Å². The Labute approximate surface area is 140 Å². The molecule has 0 bridgehead atoms. The Morgan fingerprint density at radius 2 is 2.21 bits per heavy atom. The van der Waals surface area contributed by atoms with Crippen molar-refractivity contribution in [2.24, 2.45) is 0 Å². The minimum atomic E-state index is -0.110. The average molecular weight is 326 g/mol. The van der Waals surface area contributed by atoms with Gasteiger partial charge >= 0.3 is 0 Å². The Morgan fingerprint density at radius 3 is 3.08 bits per heavy atom. The Kier molecular flexibility index (Phi) is 4.08. The SMILES string of the molecule is CC(C)N1CCO[C@H](c2noc(Cc3c[nH]c4ccccc34)n2)C1. The number of morpholine rings is 1. The number of nitrogens with zero attached hydrogens (tertiary/aromatic N) is 3. The van der Waals surface area contributed by atoms with Crippen molar-refractivity contribution in [1.29, 1.82) is 0 Å². The molecule has 1 N–H and O–H groups in total. The molecule has 1 saturated heterocycles. The van der Waals surface area contributed by atoms with Gasteiger partial charge in [0.05, 0.1) is 13.0 Å². The Bertz CT molecular complexity index is 823. The van der Waals surface area contributed by atoms with Crippen LogP contribution in [0, 0.1) is 0 Å². The van der Waals surface area contributed by atoms with E-state index in [0.29, 0.717) is 30.8 Å². The molecule has 126 valence electrons. The molecular weight excluding hydrogens is 304 g/mol. The molecule has 6 heteroatoms. The minimum Gasteiger partial charge on any atom is -0.367 e. The minimum absolute atomic E-state index is 0.110. The predicted octanol–water partition coefficient (Wildman–Crippen LogP) is 2.92. The van der Waals surface area contributed by atoms with Gasteiger partial charge in [0.25, 0.3) is 0 Å². The Hall–Kier alpha value is -2.18. The molecule has 0 radical (unpaired) electrons. The van der Waals surface area contributed by atoms with Gasteiger partial charge in [0.15, 0.2) is 0 Å². The molecule has 1 aliphatic heterocycles. The first-order valence-electron chi connectivity index (χ1n) is 8.44.